The molecule has 0 unspecified atom stereocenters. The maximum absolute atomic E-state index is 10.2. The molecule has 0 bridgehead atoms. The molecule has 0 aliphatic carbocycles. The Kier molecular flexibility index (Phi) is 3.91. The van der Waals surface area contributed by atoms with Gasteiger partial charge in [0.2, 0.25) is 0 Å². The first-order valence-corrected chi connectivity index (χ1v) is 5.21. The number of halogens is 1. The van der Waals surface area contributed by atoms with E-state index >= 15 is 0 Å². The molecular weight excluding hydrogens is 224 g/mol. The highest BCUT2D eigenvalue weighted by molar-refractivity contribution is 7.98. The van der Waals surface area contributed by atoms with Gasteiger partial charge in [-0.3, -0.25) is 0 Å². The first-order valence-electron chi connectivity index (χ1n) is 3.61. The van der Waals surface area contributed by atoms with Crippen LogP contribution in [0.4, 0.5) is 0 Å². The van der Waals surface area contributed by atoms with Crippen LogP contribution in [-0.2, 0) is 4.79 Å². The van der Waals surface area contributed by atoms with E-state index < -0.39 is 5.97 Å². The average Bonchev–Trinajstić information content (AvgIpc) is 2.15. The van der Waals surface area contributed by atoms with E-state index in [2.05, 4.69) is 9.97 Å². The lowest BCUT2D eigenvalue weighted by molar-refractivity contribution is -0.131. The fraction of sp³-hybridized carbons (Fsp3) is 0.125. The summed E-state index contributed by atoms with van der Waals surface area (Å²) >= 11 is 7.15. The van der Waals surface area contributed by atoms with Crippen molar-refractivity contribution in [2.45, 2.75) is 5.16 Å². The molecule has 4 nitrogen and oxygen atoms in total. The maximum atomic E-state index is 10.2. The second kappa shape index (κ2) is 4.97. The zero-order valence-electron chi connectivity index (χ0n) is 7.27. The Morgan fingerprint density at radius 2 is 2.43 bits per heavy atom. The first-order chi connectivity index (χ1) is 6.63. The number of carbonyl (C=O) groups is 1. The van der Waals surface area contributed by atoms with Crippen molar-refractivity contribution in [3.05, 3.63) is 23.0 Å². The van der Waals surface area contributed by atoms with Crippen molar-refractivity contribution in [2.75, 3.05) is 6.26 Å². The third-order valence-electron chi connectivity index (χ3n) is 1.33. The van der Waals surface area contributed by atoms with E-state index in [9.17, 15) is 4.79 Å². The number of carboxylic acids is 1. The monoisotopic (exact) mass is 230 g/mol. The number of hydrogen-bond acceptors (Lipinski definition) is 4. The Bertz CT molecular complexity index is 382. The summed E-state index contributed by atoms with van der Waals surface area (Å²) in [7, 11) is 0. The Labute approximate surface area is 90.0 Å². The fourth-order valence-corrected chi connectivity index (χ4v) is 1.31. The van der Waals surface area contributed by atoms with Crippen molar-refractivity contribution >= 4 is 35.4 Å². The molecule has 0 saturated carbocycles. The Morgan fingerprint density at radius 1 is 1.71 bits per heavy atom. The van der Waals surface area contributed by atoms with Gasteiger partial charge in [-0.05, 0) is 12.3 Å². The van der Waals surface area contributed by atoms with Crippen molar-refractivity contribution in [1.29, 1.82) is 0 Å². The molecule has 6 heteroatoms. The van der Waals surface area contributed by atoms with E-state index in [1.165, 1.54) is 24.0 Å². The molecule has 0 aliphatic heterocycles. The number of carboxylic acid groups (broad SMARTS) is 1. The molecule has 1 rings (SSSR count). The molecule has 0 saturated heterocycles. The number of hydrogen-bond donors (Lipinski definition) is 1. The van der Waals surface area contributed by atoms with E-state index in [1.807, 2.05) is 6.26 Å². The molecule has 0 amide bonds. The lowest BCUT2D eigenvalue weighted by atomic mass is 10.3. The fourth-order valence-electron chi connectivity index (χ4n) is 0.727. The minimum atomic E-state index is -1.03. The standard InChI is InChI=1S/C8H7ClN2O2S/c1-14-8-10-4-5(7(9)11-8)2-3-6(12)13/h2-4H,1H3,(H,12,13). The van der Waals surface area contributed by atoms with Crippen LogP contribution in [0.2, 0.25) is 5.15 Å². The topological polar surface area (TPSA) is 63.1 Å². The molecule has 14 heavy (non-hydrogen) atoms. The van der Waals surface area contributed by atoms with Crippen LogP contribution < -0.4 is 0 Å². The van der Waals surface area contributed by atoms with Gasteiger partial charge in [0, 0.05) is 17.8 Å². The van der Waals surface area contributed by atoms with E-state index in [1.54, 1.807) is 0 Å². The van der Waals surface area contributed by atoms with Crippen molar-refractivity contribution in [3.63, 3.8) is 0 Å². The molecule has 0 aliphatic rings. The minimum absolute atomic E-state index is 0.252. The van der Waals surface area contributed by atoms with E-state index in [4.69, 9.17) is 16.7 Å². The smallest absolute Gasteiger partial charge is 0.328 e. The van der Waals surface area contributed by atoms with Gasteiger partial charge >= 0.3 is 5.97 Å². The average molecular weight is 231 g/mol. The zero-order valence-corrected chi connectivity index (χ0v) is 8.84. The second-order valence-electron chi connectivity index (χ2n) is 2.27. The Balaban J connectivity index is 2.94. The van der Waals surface area contributed by atoms with Crippen molar-refractivity contribution in [1.82, 2.24) is 9.97 Å². The van der Waals surface area contributed by atoms with E-state index in [0.717, 1.165) is 6.08 Å². The largest absolute Gasteiger partial charge is 0.478 e. The molecule has 1 heterocycles. The Morgan fingerprint density at radius 3 is 2.93 bits per heavy atom. The summed E-state index contributed by atoms with van der Waals surface area (Å²) in [6.45, 7) is 0. The molecule has 0 spiro atoms. The summed E-state index contributed by atoms with van der Waals surface area (Å²) in [6, 6.07) is 0. The van der Waals surface area contributed by atoms with Gasteiger partial charge in [-0.15, -0.1) is 0 Å². The van der Waals surface area contributed by atoms with Crippen LogP contribution in [-0.4, -0.2) is 27.3 Å². The van der Waals surface area contributed by atoms with E-state index in [-0.39, 0.29) is 5.15 Å². The number of aromatic nitrogens is 2. The van der Waals surface area contributed by atoms with Gasteiger partial charge in [0.1, 0.15) is 5.15 Å². The van der Waals surface area contributed by atoms with Crippen molar-refractivity contribution in [3.8, 4) is 0 Å². The minimum Gasteiger partial charge on any atom is -0.478 e. The molecule has 0 aromatic carbocycles. The van der Waals surface area contributed by atoms with Crippen LogP contribution in [0.1, 0.15) is 5.56 Å². The third kappa shape index (κ3) is 3.01. The number of aliphatic carboxylic acids is 1. The number of rotatable bonds is 3. The van der Waals surface area contributed by atoms with Gasteiger partial charge in [0.05, 0.1) is 0 Å². The molecule has 1 aromatic heterocycles. The first kappa shape index (κ1) is 11.0. The lowest BCUT2D eigenvalue weighted by Gasteiger charge is -1.98. The highest BCUT2D eigenvalue weighted by atomic mass is 35.5. The van der Waals surface area contributed by atoms with Gasteiger partial charge < -0.3 is 5.11 Å². The molecule has 0 radical (unpaired) electrons. The Hall–Kier alpha value is -1.07. The molecule has 0 fully saturated rings. The number of nitrogens with zero attached hydrogens (tertiary/aromatic N) is 2. The van der Waals surface area contributed by atoms with Crippen LogP contribution >= 0.6 is 23.4 Å². The summed E-state index contributed by atoms with van der Waals surface area (Å²) in [6.07, 6.45) is 5.66. The van der Waals surface area contributed by atoms with Crippen LogP contribution in [0, 0.1) is 0 Å². The molecule has 74 valence electrons. The summed E-state index contributed by atoms with van der Waals surface area (Å²) in [5.41, 5.74) is 0.492. The third-order valence-corrected chi connectivity index (χ3v) is 2.20. The zero-order chi connectivity index (χ0) is 10.6. The van der Waals surface area contributed by atoms with Gasteiger partial charge in [-0.1, -0.05) is 23.4 Å². The van der Waals surface area contributed by atoms with Gasteiger partial charge in [-0.25, -0.2) is 14.8 Å². The lowest BCUT2D eigenvalue weighted by Crippen LogP contribution is -1.90. The van der Waals surface area contributed by atoms with E-state index in [0.29, 0.717) is 10.7 Å². The van der Waals surface area contributed by atoms with Gasteiger partial charge in [-0.2, -0.15) is 0 Å². The SMILES string of the molecule is CSc1ncc(C=CC(=O)O)c(Cl)n1. The highest BCUT2D eigenvalue weighted by Gasteiger charge is 2.01. The maximum Gasteiger partial charge on any atom is 0.328 e. The van der Waals surface area contributed by atoms with Crippen LogP contribution in [0.3, 0.4) is 0 Å². The van der Waals surface area contributed by atoms with Crippen molar-refractivity contribution < 1.29 is 9.90 Å². The van der Waals surface area contributed by atoms with Crippen LogP contribution in [0.25, 0.3) is 6.08 Å². The van der Waals surface area contributed by atoms with Crippen molar-refractivity contribution in [2.24, 2.45) is 0 Å². The van der Waals surface area contributed by atoms with Crippen LogP contribution in [0.15, 0.2) is 17.4 Å². The molecule has 1 N–H and O–H groups in total. The number of thioether (sulfide) groups is 1. The molecule has 0 atom stereocenters. The quantitative estimate of drug-likeness (QED) is 0.372. The predicted octanol–water partition coefficient (Wildman–Crippen LogP) is 1.95. The summed E-state index contributed by atoms with van der Waals surface area (Å²) < 4.78 is 0. The second-order valence-corrected chi connectivity index (χ2v) is 3.41. The summed E-state index contributed by atoms with van der Waals surface area (Å²) in [5, 5.41) is 9.20. The predicted molar refractivity (Wildman–Crippen MR) is 55.5 cm³/mol. The summed E-state index contributed by atoms with van der Waals surface area (Å²) in [5.74, 6) is -1.03. The van der Waals surface area contributed by atoms with Gasteiger partial charge in [0.25, 0.3) is 0 Å². The molecule has 1 aromatic rings. The van der Waals surface area contributed by atoms with Crippen LogP contribution in [0.5, 0.6) is 0 Å². The van der Waals surface area contributed by atoms with Gasteiger partial charge in [0.15, 0.2) is 5.16 Å². The molecular formula is C8H7ClN2O2S. The summed E-state index contributed by atoms with van der Waals surface area (Å²) in [4.78, 5) is 18.1. The normalized spacial score (nSPS) is 10.7. The highest BCUT2D eigenvalue weighted by Crippen LogP contribution is 2.17.